The predicted octanol–water partition coefficient (Wildman–Crippen LogP) is 4.28. The first-order valence-corrected chi connectivity index (χ1v) is 11.9. The minimum absolute atomic E-state index is 0.0864. The second-order valence-electron chi connectivity index (χ2n) is 11.1. The monoisotopic (exact) mass is 472 g/mol. The number of carbonyl (C=O) groups is 2. The molecular formula is C27H44N4O3. The van der Waals surface area contributed by atoms with E-state index < -0.39 is 22.9 Å². The Bertz CT molecular complexity index is 856. The first kappa shape index (κ1) is 29.5. The lowest BCUT2D eigenvalue weighted by atomic mass is 9.76. The van der Waals surface area contributed by atoms with Gasteiger partial charge in [-0.2, -0.15) is 4.91 Å². The van der Waals surface area contributed by atoms with Crippen LogP contribution >= 0.6 is 0 Å². The van der Waals surface area contributed by atoms with Crippen LogP contribution in [-0.4, -0.2) is 55.5 Å². The van der Waals surface area contributed by atoms with Crippen LogP contribution in [0.25, 0.3) is 0 Å². The summed E-state index contributed by atoms with van der Waals surface area (Å²) in [5.74, 6) is -0.278. The zero-order chi connectivity index (χ0) is 26.3. The molecule has 2 amide bonds. The fourth-order valence-corrected chi connectivity index (χ4v) is 4.28. The third kappa shape index (κ3) is 7.49. The Morgan fingerprint density at radius 2 is 1.62 bits per heavy atom. The summed E-state index contributed by atoms with van der Waals surface area (Å²) < 4.78 is 0. The quantitative estimate of drug-likeness (QED) is 0.371. The average molecular weight is 473 g/mol. The lowest BCUT2D eigenvalue weighted by Crippen LogP contribution is -2.61. The molecule has 7 nitrogen and oxygen atoms in total. The van der Waals surface area contributed by atoms with Crippen LogP contribution in [-0.2, 0) is 15.0 Å². The van der Waals surface area contributed by atoms with E-state index in [0.717, 1.165) is 11.1 Å². The molecule has 7 heteroatoms. The van der Waals surface area contributed by atoms with Crippen molar-refractivity contribution >= 4 is 11.8 Å². The molecule has 0 unspecified atom stereocenters. The fourth-order valence-electron chi connectivity index (χ4n) is 4.28. The van der Waals surface area contributed by atoms with Crippen molar-refractivity contribution in [3.8, 4) is 0 Å². The van der Waals surface area contributed by atoms with Crippen molar-refractivity contribution in [3.05, 3.63) is 52.5 Å². The van der Waals surface area contributed by atoms with Crippen molar-refractivity contribution in [1.29, 1.82) is 0 Å². The molecule has 34 heavy (non-hydrogen) atoms. The number of amides is 2. The van der Waals surface area contributed by atoms with Gasteiger partial charge < -0.3 is 15.5 Å². The van der Waals surface area contributed by atoms with Gasteiger partial charge in [0.2, 0.25) is 11.8 Å². The largest absolute Gasteiger partial charge is 0.342 e. The molecule has 0 radical (unpaired) electrons. The molecular weight excluding hydrogens is 428 g/mol. The van der Waals surface area contributed by atoms with Gasteiger partial charge in [0.1, 0.15) is 12.6 Å². The van der Waals surface area contributed by atoms with E-state index in [9.17, 15) is 14.5 Å². The maximum atomic E-state index is 13.7. The first-order chi connectivity index (χ1) is 15.7. The van der Waals surface area contributed by atoms with Gasteiger partial charge in [0, 0.05) is 12.5 Å². The van der Waals surface area contributed by atoms with Crippen molar-refractivity contribution < 1.29 is 9.59 Å². The van der Waals surface area contributed by atoms with Crippen LogP contribution in [0.4, 0.5) is 0 Å². The van der Waals surface area contributed by atoms with Gasteiger partial charge >= 0.3 is 0 Å². The third-order valence-electron chi connectivity index (χ3n) is 6.44. The van der Waals surface area contributed by atoms with Crippen molar-refractivity contribution in [2.45, 2.75) is 78.9 Å². The molecule has 190 valence electrons. The Kier molecular flexibility index (Phi) is 10.6. The number of hydrogen-bond donors (Lipinski definition) is 2. The molecule has 0 aromatic heterocycles. The molecule has 0 saturated heterocycles. The second kappa shape index (κ2) is 12.2. The number of hydrogen-bond acceptors (Lipinski definition) is 5. The number of likely N-dealkylation sites (N-methyl/N-ethyl adjacent to an activating group) is 2. The summed E-state index contributed by atoms with van der Waals surface area (Å²) in [7, 11) is 3.51. The Morgan fingerprint density at radius 1 is 1.06 bits per heavy atom. The summed E-state index contributed by atoms with van der Waals surface area (Å²) in [6.45, 7) is 15.9. The number of nitrogens with one attached hydrogen (secondary N) is 2. The van der Waals surface area contributed by atoms with Gasteiger partial charge in [0.25, 0.3) is 0 Å². The van der Waals surface area contributed by atoms with Crippen LogP contribution in [0, 0.1) is 16.2 Å². The standard InChI is InChI=1S/C27H44N4O3/c1-18(2)21(16-19(3)17-29-34)31(10)25(33)23(26(4,5)6)30-24(32)22(28-9)27(7,8)20-14-12-11-13-15-20/h11-16,18,21-23,28H,17H2,1-10H3,(H,30,32)/t21-,22-,23-/m1/s1. The van der Waals surface area contributed by atoms with Crippen LogP contribution < -0.4 is 10.6 Å². The topological polar surface area (TPSA) is 90.9 Å². The Labute approximate surface area is 205 Å². The van der Waals surface area contributed by atoms with E-state index in [1.807, 2.05) is 91.8 Å². The smallest absolute Gasteiger partial charge is 0.245 e. The van der Waals surface area contributed by atoms with E-state index in [4.69, 9.17) is 0 Å². The predicted molar refractivity (Wildman–Crippen MR) is 140 cm³/mol. The molecule has 0 aliphatic heterocycles. The molecule has 1 aromatic rings. The molecule has 2 N–H and O–H groups in total. The van der Waals surface area contributed by atoms with Gasteiger partial charge in [-0.1, -0.05) is 95.6 Å². The molecule has 0 spiro atoms. The van der Waals surface area contributed by atoms with E-state index in [0.29, 0.717) is 0 Å². The maximum absolute atomic E-state index is 13.7. The summed E-state index contributed by atoms with van der Waals surface area (Å²) in [6, 6.07) is 8.38. The van der Waals surface area contributed by atoms with E-state index in [1.165, 1.54) is 0 Å². The summed E-state index contributed by atoms with van der Waals surface area (Å²) in [5.41, 5.74) is 0.828. The lowest BCUT2D eigenvalue weighted by Gasteiger charge is -2.40. The van der Waals surface area contributed by atoms with Gasteiger partial charge in [-0.15, -0.1) is 0 Å². The fraction of sp³-hybridized carbons (Fsp3) is 0.630. The van der Waals surface area contributed by atoms with E-state index in [-0.39, 0.29) is 30.3 Å². The highest BCUT2D eigenvalue weighted by Gasteiger charge is 2.41. The van der Waals surface area contributed by atoms with Crippen LogP contribution in [0.1, 0.15) is 61.0 Å². The molecule has 0 saturated carbocycles. The van der Waals surface area contributed by atoms with E-state index >= 15 is 0 Å². The zero-order valence-corrected chi connectivity index (χ0v) is 22.6. The molecule has 0 aliphatic rings. The number of rotatable bonds is 11. The number of nitroso groups, excluding NO2 is 1. The molecule has 1 rings (SSSR count). The second-order valence-corrected chi connectivity index (χ2v) is 11.1. The molecule has 0 heterocycles. The SMILES string of the molecule is CN[C@H](C(=O)N[C@H](C(=O)N(C)[C@H](C=C(C)CN=O)C(C)C)C(C)(C)C)C(C)(C)c1ccccc1. The highest BCUT2D eigenvalue weighted by molar-refractivity contribution is 5.91. The van der Waals surface area contributed by atoms with Crippen molar-refractivity contribution in [1.82, 2.24) is 15.5 Å². The van der Waals surface area contributed by atoms with Gasteiger partial charge in [-0.3, -0.25) is 9.59 Å². The van der Waals surface area contributed by atoms with Crippen LogP contribution in [0.5, 0.6) is 0 Å². The van der Waals surface area contributed by atoms with Gasteiger partial charge in [-0.25, -0.2) is 0 Å². The Balaban J connectivity index is 3.26. The molecule has 3 atom stereocenters. The van der Waals surface area contributed by atoms with Gasteiger partial charge in [-0.05, 0) is 30.9 Å². The van der Waals surface area contributed by atoms with E-state index in [2.05, 4.69) is 15.8 Å². The normalized spacial score (nSPS) is 15.4. The van der Waals surface area contributed by atoms with Crippen molar-refractivity contribution in [3.63, 3.8) is 0 Å². The number of benzene rings is 1. The van der Waals surface area contributed by atoms with Crippen LogP contribution in [0.3, 0.4) is 0 Å². The molecule has 0 fully saturated rings. The zero-order valence-electron chi connectivity index (χ0n) is 22.6. The first-order valence-electron chi connectivity index (χ1n) is 11.9. The molecule has 0 aliphatic carbocycles. The Hall–Kier alpha value is -2.54. The third-order valence-corrected chi connectivity index (χ3v) is 6.44. The van der Waals surface area contributed by atoms with Gasteiger partial charge in [0.15, 0.2) is 0 Å². The van der Waals surface area contributed by atoms with Crippen LogP contribution in [0.2, 0.25) is 0 Å². The Morgan fingerprint density at radius 3 is 2.06 bits per heavy atom. The summed E-state index contributed by atoms with van der Waals surface area (Å²) >= 11 is 0. The summed E-state index contributed by atoms with van der Waals surface area (Å²) in [5, 5.41) is 9.17. The van der Waals surface area contributed by atoms with E-state index in [1.54, 1.807) is 19.0 Å². The summed E-state index contributed by atoms with van der Waals surface area (Å²) in [4.78, 5) is 39.6. The highest BCUT2D eigenvalue weighted by atomic mass is 16.3. The lowest BCUT2D eigenvalue weighted by molar-refractivity contribution is -0.140. The average Bonchev–Trinajstić information content (AvgIpc) is 2.75. The minimum atomic E-state index is -0.730. The number of carbonyl (C=O) groups excluding carboxylic acids is 2. The van der Waals surface area contributed by atoms with Crippen molar-refractivity contribution in [2.75, 3.05) is 20.6 Å². The van der Waals surface area contributed by atoms with Crippen LogP contribution in [0.15, 0.2) is 47.2 Å². The number of nitrogens with zero attached hydrogens (tertiary/aromatic N) is 2. The summed E-state index contributed by atoms with van der Waals surface area (Å²) in [6.07, 6.45) is 1.92. The maximum Gasteiger partial charge on any atom is 0.245 e. The minimum Gasteiger partial charge on any atom is -0.342 e. The van der Waals surface area contributed by atoms with Crippen molar-refractivity contribution in [2.24, 2.45) is 16.5 Å². The molecule has 1 aromatic carbocycles. The highest BCUT2D eigenvalue weighted by Crippen LogP contribution is 2.29. The van der Waals surface area contributed by atoms with Gasteiger partial charge in [0.05, 0.1) is 12.1 Å². The molecule has 0 bridgehead atoms.